The number of nitrogens with zero attached hydrogens (tertiary/aromatic N) is 1. The van der Waals surface area contributed by atoms with E-state index in [2.05, 4.69) is 13.8 Å². The molecule has 7 heteroatoms. The lowest BCUT2D eigenvalue weighted by molar-refractivity contribution is -0.161. The molecule has 0 bridgehead atoms. The Bertz CT molecular complexity index is 932. The number of hydrogen-bond donors (Lipinski definition) is 0. The fraction of sp³-hybridized carbons (Fsp3) is 0.828. The highest BCUT2D eigenvalue weighted by molar-refractivity contribution is 6.37. The molecular weight excluding hydrogens is 458 g/mol. The van der Waals surface area contributed by atoms with E-state index in [1.165, 1.54) is 6.92 Å². The van der Waals surface area contributed by atoms with Crippen molar-refractivity contribution in [3.63, 3.8) is 0 Å². The van der Waals surface area contributed by atoms with E-state index in [4.69, 9.17) is 4.74 Å². The van der Waals surface area contributed by atoms with Gasteiger partial charge < -0.3 is 9.64 Å². The third kappa shape index (κ3) is 6.25. The van der Waals surface area contributed by atoms with Crippen molar-refractivity contribution in [1.82, 2.24) is 4.90 Å². The minimum absolute atomic E-state index is 0.00505. The van der Waals surface area contributed by atoms with Crippen molar-refractivity contribution >= 4 is 29.2 Å². The second kappa shape index (κ2) is 9.68. The highest BCUT2D eigenvalue weighted by Crippen LogP contribution is 2.65. The van der Waals surface area contributed by atoms with Crippen molar-refractivity contribution in [3.8, 4) is 0 Å². The molecule has 0 radical (unpaired) electrons. The number of likely N-dealkylation sites (tertiary alicyclic amines) is 1. The number of ether oxygens (including phenoxy) is 1. The van der Waals surface area contributed by atoms with E-state index < -0.39 is 46.4 Å². The summed E-state index contributed by atoms with van der Waals surface area (Å²) in [7, 11) is 0. The number of carbonyl (C=O) groups is 5. The van der Waals surface area contributed by atoms with Gasteiger partial charge in [0, 0.05) is 25.8 Å². The van der Waals surface area contributed by atoms with Gasteiger partial charge in [-0.2, -0.15) is 0 Å². The fourth-order valence-corrected chi connectivity index (χ4v) is 6.09. The maximum absolute atomic E-state index is 13.9. The molecule has 5 atom stereocenters. The van der Waals surface area contributed by atoms with Crippen molar-refractivity contribution in [2.45, 2.75) is 106 Å². The van der Waals surface area contributed by atoms with Crippen molar-refractivity contribution in [2.24, 2.45) is 40.4 Å². The highest BCUT2D eigenvalue weighted by atomic mass is 16.6. The molecule has 0 aromatic carbocycles. The highest BCUT2D eigenvalue weighted by Gasteiger charge is 2.69. The van der Waals surface area contributed by atoms with Gasteiger partial charge in [-0.25, -0.2) is 0 Å². The zero-order valence-electron chi connectivity index (χ0n) is 23.6. The molecule has 7 nitrogen and oxygen atoms in total. The summed E-state index contributed by atoms with van der Waals surface area (Å²) in [5.41, 5.74) is -1.22. The smallest absolute Gasteiger partial charge is 0.307 e. The Kier molecular flexibility index (Phi) is 7.67. The van der Waals surface area contributed by atoms with E-state index in [1.54, 1.807) is 25.7 Å². The summed E-state index contributed by atoms with van der Waals surface area (Å²) >= 11 is 0. The number of Topliss-reactive ketones (excluding diaryl/α,β-unsaturated/α-hetero) is 3. The second-order valence-electron chi connectivity index (χ2n) is 14.1. The van der Waals surface area contributed by atoms with Crippen LogP contribution < -0.4 is 0 Å². The molecule has 1 saturated heterocycles. The number of hydrogen-bond acceptors (Lipinski definition) is 6. The fourth-order valence-electron chi connectivity index (χ4n) is 6.09. The first-order valence-electron chi connectivity index (χ1n) is 13.4. The Morgan fingerprint density at radius 1 is 0.972 bits per heavy atom. The molecule has 1 amide bonds. The Hall–Kier alpha value is -2.05. The lowest BCUT2D eigenvalue weighted by atomic mass is 9.77. The van der Waals surface area contributed by atoms with Gasteiger partial charge in [-0.1, -0.05) is 47.5 Å². The number of esters is 1. The average Bonchev–Trinajstić information content (AvgIpc) is 3.55. The monoisotopic (exact) mass is 503 g/mol. The van der Waals surface area contributed by atoms with Crippen molar-refractivity contribution in [3.05, 3.63) is 0 Å². The van der Waals surface area contributed by atoms with Crippen LogP contribution in [0.4, 0.5) is 0 Å². The van der Waals surface area contributed by atoms with Gasteiger partial charge in [-0.3, -0.25) is 24.0 Å². The standard InChI is InChI=1S/C29H45NO6/c1-16(31)25(34)18(12-17-10-11-17)13-21(32)24-23-20(29(23,8)9)15-30(24)26(35)19(27(2,3)4)14-22(33)36-28(5,6)7/h17-20,23-24H,10-15H2,1-9H3/t18-,19+,20-,23-,24+/m0/s1. The normalized spacial score (nSPS) is 26.6. The first-order valence-corrected chi connectivity index (χ1v) is 13.4. The molecule has 202 valence electrons. The molecule has 36 heavy (non-hydrogen) atoms. The van der Waals surface area contributed by atoms with Gasteiger partial charge in [0.15, 0.2) is 11.6 Å². The summed E-state index contributed by atoms with van der Waals surface area (Å²) in [5.74, 6) is -2.36. The van der Waals surface area contributed by atoms with Gasteiger partial charge >= 0.3 is 5.97 Å². The van der Waals surface area contributed by atoms with Crippen LogP contribution in [0.15, 0.2) is 0 Å². The van der Waals surface area contributed by atoms with Crippen LogP contribution >= 0.6 is 0 Å². The van der Waals surface area contributed by atoms with E-state index in [1.807, 2.05) is 20.8 Å². The summed E-state index contributed by atoms with van der Waals surface area (Å²) < 4.78 is 5.51. The van der Waals surface area contributed by atoms with Crippen molar-refractivity contribution in [1.29, 1.82) is 0 Å². The van der Waals surface area contributed by atoms with E-state index in [0.717, 1.165) is 12.8 Å². The molecule has 2 saturated carbocycles. The zero-order valence-corrected chi connectivity index (χ0v) is 23.6. The van der Waals surface area contributed by atoms with E-state index in [9.17, 15) is 24.0 Å². The van der Waals surface area contributed by atoms with Crippen LogP contribution in [0.1, 0.15) is 94.4 Å². The predicted molar refractivity (Wildman–Crippen MR) is 136 cm³/mol. The predicted octanol–water partition coefficient (Wildman–Crippen LogP) is 4.40. The van der Waals surface area contributed by atoms with Crippen LogP contribution in [0.2, 0.25) is 0 Å². The quantitative estimate of drug-likeness (QED) is 0.324. The Morgan fingerprint density at radius 3 is 2.03 bits per heavy atom. The van der Waals surface area contributed by atoms with Gasteiger partial charge in [-0.05, 0) is 55.8 Å². The molecular formula is C29H45NO6. The summed E-state index contributed by atoms with van der Waals surface area (Å²) in [5, 5.41) is 0. The first-order chi connectivity index (χ1) is 16.3. The van der Waals surface area contributed by atoms with Crippen LogP contribution in [0, 0.1) is 40.4 Å². The van der Waals surface area contributed by atoms with Crippen LogP contribution in [0.5, 0.6) is 0 Å². The molecule has 0 N–H and O–H groups in total. The van der Waals surface area contributed by atoms with Gasteiger partial charge in [0.2, 0.25) is 11.7 Å². The van der Waals surface area contributed by atoms with Gasteiger partial charge in [0.1, 0.15) is 5.60 Å². The Morgan fingerprint density at radius 2 is 1.56 bits per heavy atom. The maximum atomic E-state index is 13.9. The molecule has 3 rings (SSSR count). The first kappa shape index (κ1) is 28.5. The van der Waals surface area contributed by atoms with E-state index in [-0.39, 0.29) is 41.8 Å². The van der Waals surface area contributed by atoms with Crippen molar-refractivity contribution in [2.75, 3.05) is 6.54 Å². The Balaban J connectivity index is 1.83. The van der Waals surface area contributed by atoms with Gasteiger partial charge in [-0.15, -0.1) is 0 Å². The SMILES string of the molecule is CC(=O)C(=O)[C@H](CC(=O)[C@@H]1[C@@H]2[C@H](CN1C(=O)[C@@H](CC(=O)OC(C)(C)C)C(C)(C)C)C2(C)C)CC1CC1. The molecule has 1 heterocycles. The lowest BCUT2D eigenvalue weighted by Gasteiger charge is -2.37. The minimum Gasteiger partial charge on any atom is -0.460 e. The second-order valence-corrected chi connectivity index (χ2v) is 14.1. The summed E-state index contributed by atoms with van der Waals surface area (Å²) in [6, 6.07) is -0.623. The topological polar surface area (TPSA) is 97.8 Å². The van der Waals surface area contributed by atoms with Gasteiger partial charge in [0.05, 0.1) is 18.4 Å². The number of ketones is 3. The van der Waals surface area contributed by atoms with Crippen LogP contribution in [-0.4, -0.2) is 52.3 Å². The molecule has 1 aliphatic heterocycles. The molecule has 0 unspecified atom stereocenters. The molecule has 0 aromatic rings. The summed E-state index contributed by atoms with van der Waals surface area (Å²) in [6.45, 7) is 17.1. The van der Waals surface area contributed by atoms with Crippen LogP contribution in [0.3, 0.4) is 0 Å². The Labute approximate surface area is 216 Å². The lowest BCUT2D eigenvalue weighted by Crippen LogP contribution is -2.51. The summed E-state index contributed by atoms with van der Waals surface area (Å²) in [4.78, 5) is 66.6. The molecule has 3 aliphatic rings. The molecule has 3 fully saturated rings. The van der Waals surface area contributed by atoms with E-state index >= 15 is 0 Å². The number of rotatable bonds is 10. The molecule has 0 spiro atoms. The van der Waals surface area contributed by atoms with Crippen molar-refractivity contribution < 1.29 is 28.7 Å². The van der Waals surface area contributed by atoms with Crippen LogP contribution in [-0.2, 0) is 28.7 Å². The third-order valence-electron chi connectivity index (χ3n) is 8.44. The van der Waals surface area contributed by atoms with Crippen LogP contribution in [0.25, 0.3) is 0 Å². The zero-order chi connectivity index (χ0) is 27.4. The van der Waals surface area contributed by atoms with E-state index in [0.29, 0.717) is 18.9 Å². The number of fused-ring (bicyclic) bond motifs is 1. The third-order valence-corrected chi connectivity index (χ3v) is 8.44. The number of piperidine rings is 1. The van der Waals surface area contributed by atoms with Gasteiger partial charge in [0.25, 0.3) is 0 Å². The molecule has 0 aromatic heterocycles. The number of amides is 1. The largest absolute Gasteiger partial charge is 0.460 e. The number of carbonyl (C=O) groups excluding carboxylic acids is 5. The summed E-state index contributed by atoms with van der Waals surface area (Å²) in [6.07, 6.45) is 2.56. The molecule has 2 aliphatic carbocycles. The maximum Gasteiger partial charge on any atom is 0.307 e. The average molecular weight is 504 g/mol. The minimum atomic E-state index is -0.653.